The number of hydrogen-bond acceptors (Lipinski definition) is 4. The fraction of sp³-hybridized carbons (Fsp3) is 0.100. The highest BCUT2D eigenvalue weighted by atomic mass is 16.5. The first-order valence-corrected chi connectivity index (χ1v) is 4.63. The van der Waals surface area contributed by atoms with Crippen LogP contribution in [-0.4, -0.2) is 20.6 Å². The number of aromatic nitrogens is 3. The topological polar surface area (TPSA) is 89.8 Å². The van der Waals surface area contributed by atoms with Crippen molar-refractivity contribution in [3.05, 3.63) is 36.2 Å². The van der Waals surface area contributed by atoms with Crippen molar-refractivity contribution in [2.24, 2.45) is 12.8 Å². The van der Waals surface area contributed by atoms with Crippen molar-refractivity contribution in [2.45, 2.75) is 0 Å². The third-order valence-corrected chi connectivity index (χ3v) is 1.95. The summed E-state index contributed by atoms with van der Waals surface area (Å²) in [5.41, 5.74) is 5.99. The van der Waals surface area contributed by atoms with E-state index in [2.05, 4.69) is 10.1 Å². The van der Waals surface area contributed by atoms with Gasteiger partial charge in [0.1, 0.15) is 17.9 Å². The molecule has 1 aromatic heterocycles. The number of nitrogens with one attached hydrogen (secondary N) is 1. The normalized spacial score (nSPS) is 10.1. The van der Waals surface area contributed by atoms with Crippen molar-refractivity contribution in [3.63, 3.8) is 0 Å². The molecule has 1 aromatic carbocycles. The first-order chi connectivity index (χ1) is 7.65. The Morgan fingerprint density at radius 2 is 2.06 bits per heavy atom. The maximum absolute atomic E-state index is 7.24. The number of nitrogen functional groups attached to an aromatic ring is 1. The van der Waals surface area contributed by atoms with E-state index in [1.165, 1.54) is 0 Å². The molecule has 16 heavy (non-hydrogen) atoms. The van der Waals surface area contributed by atoms with Gasteiger partial charge in [-0.05, 0) is 24.3 Å². The summed E-state index contributed by atoms with van der Waals surface area (Å²) < 4.78 is 6.93. The zero-order valence-corrected chi connectivity index (χ0v) is 8.71. The Balaban J connectivity index is 2.14. The lowest BCUT2D eigenvalue weighted by molar-refractivity contribution is 0.439. The summed E-state index contributed by atoms with van der Waals surface area (Å²) in [4.78, 5) is 3.93. The number of ether oxygens (including phenoxy) is 1. The lowest BCUT2D eigenvalue weighted by atomic mass is 10.2. The van der Waals surface area contributed by atoms with Crippen molar-refractivity contribution in [2.75, 3.05) is 0 Å². The van der Waals surface area contributed by atoms with Gasteiger partial charge in [-0.1, -0.05) is 0 Å². The van der Waals surface area contributed by atoms with E-state index in [0.717, 1.165) is 0 Å². The zero-order chi connectivity index (χ0) is 11.5. The molecule has 6 heteroatoms. The van der Waals surface area contributed by atoms with Crippen LogP contribution in [0, 0.1) is 5.41 Å². The monoisotopic (exact) mass is 217 g/mol. The summed E-state index contributed by atoms with van der Waals surface area (Å²) in [5, 5.41) is 11.2. The standard InChI is InChI=1S/C10H11N5O/c1-15-6-13-10(14-15)16-8-4-2-7(3-5-8)9(11)12/h2-6H,1H3,(H3,11,12). The summed E-state index contributed by atoms with van der Waals surface area (Å²) in [6.45, 7) is 0. The lowest BCUT2D eigenvalue weighted by Gasteiger charge is -2.02. The lowest BCUT2D eigenvalue weighted by Crippen LogP contribution is -2.10. The average Bonchev–Trinajstić information content (AvgIpc) is 2.65. The molecule has 6 nitrogen and oxygen atoms in total. The molecule has 1 heterocycles. The van der Waals surface area contributed by atoms with Crippen molar-refractivity contribution in [3.8, 4) is 11.8 Å². The average molecular weight is 217 g/mol. The van der Waals surface area contributed by atoms with Crippen LogP contribution in [0.4, 0.5) is 0 Å². The van der Waals surface area contributed by atoms with Crippen LogP contribution < -0.4 is 10.5 Å². The second-order valence-electron chi connectivity index (χ2n) is 3.24. The van der Waals surface area contributed by atoms with Crippen LogP contribution in [0.2, 0.25) is 0 Å². The number of nitrogens with zero attached hydrogens (tertiary/aromatic N) is 3. The fourth-order valence-electron chi connectivity index (χ4n) is 1.17. The van der Waals surface area contributed by atoms with Crippen molar-refractivity contribution < 1.29 is 4.74 Å². The van der Waals surface area contributed by atoms with Crippen LogP contribution in [0.1, 0.15) is 5.56 Å². The smallest absolute Gasteiger partial charge is 0.340 e. The van der Waals surface area contributed by atoms with Gasteiger partial charge < -0.3 is 10.5 Å². The van der Waals surface area contributed by atoms with Gasteiger partial charge in [-0.25, -0.2) is 0 Å². The molecule has 0 aliphatic heterocycles. The fourth-order valence-corrected chi connectivity index (χ4v) is 1.17. The molecule has 0 amide bonds. The van der Waals surface area contributed by atoms with Crippen LogP contribution >= 0.6 is 0 Å². The molecule has 2 aromatic rings. The summed E-state index contributed by atoms with van der Waals surface area (Å²) in [6.07, 6.45) is 1.55. The van der Waals surface area contributed by atoms with Gasteiger partial charge in [0, 0.05) is 12.6 Å². The molecule has 0 fully saturated rings. The first-order valence-electron chi connectivity index (χ1n) is 4.63. The molecule has 0 unspecified atom stereocenters. The Morgan fingerprint density at radius 1 is 1.38 bits per heavy atom. The Kier molecular flexibility index (Phi) is 2.55. The summed E-state index contributed by atoms with van der Waals surface area (Å²) in [6, 6.07) is 7.14. The predicted octanol–water partition coefficient (Wildman–Crippen LogP) is 0.891. The predicted molar refractivity (Wildman–Crippen MR) is 58.5 cm³/mol. The Labute approximate surface area is 92.2 Å². The van der Waals surface area contributed by atoms with Gasteiger partial charge in [-0.15, -0.1) is 5.10 Å². The molecule has 0 bridgehead atoms. The minimum Gasteiger partial charge on any atom is -0.423 e. The van der Waals surface area contributed by atoms with Crippen molar-refractivity contribution in [1.29, 1.82) is 5.41 Å². The number of aryl methyl sites for hydroxylation is 1. The molecular weight excluding hydrogens is 206 g/mol. The minimum atomic E-state index is 0.0301. The van der Waals surface area contributed by atoms with E-state index >= 15 is 0 Å². The van der Waals surface area contributed by atoms with E-state index in [1.807, 2.05) is 0 Å². The highest BCUT2D eigenvalue weighted by Gasteiger charge is 2.02. The molecule has 0 saturated carbocycles. The molecule has 0 saturated heterocycles. The maximum atomic E-state index is 7.24. The second kappa shape index (κ2) is 4.01. The molecule has 0 atom stereocenters. The number of benzene rings is 1. The van der Waals surface area contributed by atoms with Crippen LogP contribution in [0.25, 0.3) is 0 Å². The van der Waals surface area contributed by atoms with E-state index in [1.54, 1.807) is 42.3 Å². The van der Waals surface area contributed by atoms with Crippen molar-refractivity contribution >= 4 is 5.84 Å². The zero-order valence-electron chi connectivity index (χ0n) is 8.71. The number of rotatable bonds is 3. The van der Waals surface area contributed by atoms with E-state index in [9.17, 15) is 0 Å². The van der Waals surface area contributed by atoms with Gasteiger partial charge in [0.05, 0.1) is 0 Å². The van der Waals surface area contributed by atoms with Gasteiger partial charge in [0.25, 0.3) is 0 Å². The van der Waals surface area contributed by atoms with Gasteiger partial charge in [-0.2, -0.15) is 4.98 Å². The molecular formula is C10H11N5O. The molecule has 0 spiro atoms. The molecule has 0 radical (unpaired) electrons. The van der Waals surface area contributed by atoms with E-state index in [0.29, 0.717) is 11.3 Å². The quantitative estimate of drug-likeness (QED) is 0.590. The largest absolute Gasteiger partial charge is 0.423 e. The second-order valence-corrected chi connectivity index (χ2v) is 3.24. The molecule has 0 aliphatic carbocycles. The van der Waals surface area contributed by atoms with Crippen molar-refractivity contribution in [1.82, 2.24) is 14.8 Å². The van der Waals surface area contributed by atoms with Crippen LogP contribution in [0.3, 0.4) is 0 Å². The first kappa shape index (κ1) is 10.2. The van der Waals surface area contributed by atoms with E-state index in [4.69, 9.17) is 15.9 Å². The van der Waals surface area contributed by atoms with Crippen LogP contribution in [-0.2, 0) is 7.05 Å². The van der Waals surface area contributed by atoms with Crippen LogP contribution in [0.15, 0.2) is 30.6 Å². The molecule has 82 valence electrons. The molecule has 2 rings (SSSR count). The number of nitrogens with two attached hydrogens (primary N) is 1. The van der Waals surface area contributed by atoms with E-state index in [-0.39, 0.29) is 11.8 Å². The number of amidine groups is 1. The van der Waals surface area contributed by atoms with Gasteiger partial charge in [0.15, 0.2) is 0 Å². The molecule has 3 N–H and O–H groups in total. The van der Waals surface area contributed by atoms with Gasteiger partial charge in [-0.3, -0.25) is 10.1 Å². The third kappa shape index (κ3) is 2.17. The summed E-state index contributed by atoms with van der Waals surface area (Å²) in [7, 11) is 1.76. The Hall–Kier alpha value is -2.37. The Morgan fingerprint density at radius 3 is 2.56 bits per heavy atom. The van der Waals surface area contributed by atoms with E-state index < -0.39 is 0 Å². The Bertz CT molecular complexity index is 502. The minimum absolute atomic E-state index is 0.0301. The molecule has 0 aliphatic rings. The summed E-state index contributed by atoms with van der Waals surface area (Å²) in [5.74, 6) is 0.638. The van der Waals surface area contributed by atoms with Crippen LogP contribution in [0.5, 0.6) is 11.8 Å². The highest BCUT2D eigenvalue weighted by Crippen LogP contribution is 2.17. The summed E-state index contributed by atoms with van der Waals surface area (Å²) >= 11 is 0. The maximum Gasteiger partial charge on any atom is 0.340 e. The SMILES string of the molecule is Cn1cnc(Oc2ccc(C(=N)N)cc2)n1. The van der Waals surface area contributed by atoms with Gasteiger partial charge >= 0.3 is 6.01 Å². The van der Waals surface area contributed by atoms with Gasteiger partial charge in [0.2, 0.25) is 0 Å². The third-order valence-electron chi connectivity index (χ3n) is 1.95. The number of hydrogen-bond donors (Lipinski definition) is 2. The highest BCUT2D eigenvalue weighted by molar-refractivity contribution is 5.94.